The van der Waals surface area contributed by atoms with Crippen molar-refractivity contribution >= 4 is 10.9 Å². The van der Waals surface area contributed by atoms with Crippen molar-refractivity contribution in [2.45, 2.75) is 45.6 Å². The Morgan fingerprint density at radius 1 is 1.24 bits per heavy atom. The minimum Gasteiger partial charge on any atom is -0.271 e. The molecule has 1 heterocycles. The third kappa shape index (κ3) is 3.09. The fourth-order valence-corrected chi connectivity index (χ4v) is 3.73. The van der Waals surface area contributed by atoms with Crippen molar-refractivity contribution in [3.05, 3.63) is 41.6 Å². The second-order valence-electron chi connectivity index (χ2n) is 6.58. The van der Waals surface area contributed by atoms with E-state index in [0.29, 0.717) is 5.92 Å². The van der Waals surface area contributed by atoms with E-state index >= 15 is 0 Å². The van der Waals surface area contributed by atoms with Gasteiger partial charge in [0.15, 0.2) is 0 Å². The summed E-state index contributed by atoms with van der Waals surface area (Å²) in [5, 5.41) is 1.20. The second kappa shape index (κ2) is 6.12. The number of rotatable bonds is 3. The van der Waals surface area contributed by atoms with Crippen LogP contribution in [0.25, 0.3) is 10.9 Å². The predicted molar refractivity (Wildman–Crippen MR) is 87.7 cm³/mol. The molecule has 1 saturated carbocycles. The molecule has 0 amide bonds. The summed E-state index contributed by atoms with van der Waals surface area (Å²) in [7, 11) is 0. The van der Waals surface area contributed by atoms with Crippen molar-refractivity contribution in [1.29, 1.82) is 0 Å². The first-order valence-corrected chi connectivity index (χ1v) is 8.01. The van der Waals surface area contributed by atoms with Gasteiger partial charge in [-0.3, -0.25) is 16.3 Å². The Labute approximate surface area is 126 Å². The highest BCUT2D eigenvalue weighted by Crippen LogP contribution is 2.37. The van der Waals surface area contributed by atoms with Gasteiger partial charge in [0.2, 0.25) is 0 Å². The van der Waals surface area contributed by atoms with E-state index in [1.165, 1.54) is 36.6 Å². The summed E-state index contributed by atoms with van der Waals surface area (Å²) >= 11 is 0. The molecule has 0 aliphatic heterocycles. The minimum absolute atomic E-state index is 0.249. The highest BCUT2D eigenvalue weighted by Gasteiger charge is 2.27. The first-order chi connectivity index (χ1) is 10.2. The molecular weight excluding hydrogens is 258 g/mol. The monoisotopic (exact) mass is 283 g/mol. The van der Waals surface area contributed by atoms with Crippen LogP contribution >= 0.6 is 0 Å². The largest absolute Gasteiger partial charge is 0.271 e. The van der Waals surface area contributed by atoms with Gasteiger partial charge in [0, 0.05) is 17.1 Å². The topological polar surface area (TPSA) is 50.9 Å². The van der Waals surface area contributed by atoms with Crippen LogP contribution in [0.4, 0.5) is 0 Å². The molecule has 0 spiro atoms. The molecule has 0 radical (unpaired) electrons. The van der Waals surface area contributed by atoms with Crippen LogP contribution in [0.15, 0.2) is 30.3 Å². The van der Waals surface area contributed by atoms with Crippen molar-refractivity contribution in [1.82, 2.24) is 10.4 Å². The Bertz CT molecular complexity index is 623. The SMILES string of the molecule is Cc1ccc2cc(C(NN)C3CCCC(C)C3)ccc2n1. The molecule has 3 N–H and O–H groups in total. The Morgan fingerprint density at radius 2 is 2.10 bits per heavy atom. The molecule has 112 valence electrons. The molecule has 1 aromatic heterocycles. The average Bonchev–Trinajstić information content (AvgIpc) is 2.48. The van der Waals surface area contributed by atoms with Crippen LogP contribution in [0.5, 0.6) is 0 Å². The second-order valence-corrected chi connectivity index (χ2v) is 6.58. The summed E-state index contributed by atoms with van der Waals surface area (Å²) in [5.74, 6) is 7.33. The molecule has 2 aromatic rings. The molecule has 3 heteroatoms. The maximum absolute atomic E-state index is 5.88. The standard InChI is InChI=1S/C18H25N3/c1-12-4-3-5-15(10-12)18(21-19)16-8-9-17-14(11-16)7-6-13(2)20-17/h6-9,11-12,15,18,21H,3-5,10,19H2,1-2H3. The van der Waals surface area contributed by atoms with E-state index in [0.717, 1.165) is 17.1 Å². The molecule has 21 heavy (non-hydrogen) atoms. The van der Waals surface area contributed by atoms with Crippen molar-refractivity contribution < 1.29 is 0 Å². The number of fused-ring (bicyclic) bond motifs is 1. The number of aromatic nitrogens is 1. The van der Waals surface area contributed by atoms with Gasteiger partial charge in [0.1, 0.15) is 0 Å². The van der Waals surface area contributed by atoms with Gasteiger partial charge in [-0.15, -0.1) is 0 Å². The van der Waals surface area contributed by atoms with Crippen LogP contribution < -0.4 is 11.3 Å². The number of hydrogen-bond acceptors (Lipinski definition) is 3. The first-order valence-electron chi connectivity index (χ1n) is 8.01. The van der Waals surface area contributed by atoms with Gasteiger partial charge >= 0.3 is 0 Å². The number of hydrazine groups is 1. The van der Waals surface area contributed by atoms with Crippen LogP contribution in [0.1, 0.15) is 49.9 Å². The number of nitrogens with two attached hydrogens (primary N) is 1. The van der Waals surface area contributed by atoms with Gasteiger partial charge in [0.25, 0.3) is 0 Å². The Balaban J connectivity index is 1.91. The lowest BCUT2D eigenvalue weighted by Gasteiger charge is -2.33. The molecule has 0 bridgehead atoms. The van der Waals surface area contributed by atoms with Gasteiger partial charge < -0.3 is 0 Å². The van der Waals surface area contributed by atoms with Crippen LogP contribution in [-0.4, -0.2) is 4.98 Å². The summed E-state index contributed by atoms with van der Waals surface area (Å²) in [6.07, 6.45) is 5.20. The fourth-order valence-electron chi connectivity index (χ4n) is 3.73. The first kappa shape index (κ1) is 14.5. The molecule has 3 rings (SSSR count). The van der Waals surface area contributed by atoms with E-state index in [1.807, 2.05) is 6.92 Å². The molecule has 3 atom stereocenters. The molecule has 3 nitrogen and oxygen atoms in total. The Hall–Kier alpha value is -1.45. The third-order valence-corrected chi connectivity index (χ3v) is 4.84. The van der Waals surface area contributed by atoms with Crippen molar-refractivity contribution in [3.63, 3.8) is 0 Å². The number of benzene rings is 1. The van der Waals surface area contributed by atoms with Gasteiger partial charge in [0.05, 0.1) is 5.52 Å². The quantitative estimate of drug-likeness (QED) is 0.664. The Morgan fingerprint density at radius 3 is 2.86 bits per heavy atom. The number of hydrogen-bond donors (Lipinski definition) is 2. The number of nitrogens with zero attached hydrogens (tertiary/aromatic N) is 1. The van der Waals surface area contributed by atoms with Crippen LogP contribution in [0, 0.1) is 18.8 Å². The summed E-state index contributed by atoms with van der Waals surface area (Å²) in [6.45, 7) is 4.38. The van der Waals surface area contributed by atoms with E-state index in [-0.39, 0.29) is 6.04 Å². The van der Waals surface area contributed by atoms with Crippen LogP contribution in [0.3, 0.4) is 0 Å². The molecule has 1 aliphatic rings. The van der Waals surface area contributed by atoms with E-state index in [9.17, 15) is 0 Å². The zero-order chi connectivity index (χ0) is 14.8. The lowest BCUT2D eigenvalue weighted by molar-refractivity contribution is 0.224. The summed E-state index contributed by atoms with van der Waals surface area (Å²) in [6, 6.07) is 11.0. The summed E-state index contributed by atoms with van der Waals surface area (Å²) in [5.41, 5.74) is 6.47. The summed E-state index contributed by atoms with van der Waals surface area (Å²) in [4.78, 5) is 4.57. The predicted octanol–water partition coefficient (Wildman–Crippen LogP) is 3.87. The molecule has 1 aromatic carbocycles. The van der Waals surface area contributed by atoms with E-state index < -0.39 is 0 Å². The summed E-state index contributed by atoms with van der Waals surface area (Å²) < 4.78 is 0. The lowest BCUT2D eigenvalue weighted by Crippen LogP contribution is -2.35. The van der Waals surface area contributed by atoms with Crippen molar-refractivity contribution in [3.8, 4) is 0 Å². The highest BCUT2D eigenvalue weighted by atomic mass is 15.2. The smallest absolute Gasteiger partial charge is 0.0705 e. The Kier molecular flexibility index (Phi) is 4.22. The lowest BCUT2D eigenvalue weighted by atomic mass is 9.77. The van der Waals surface area contributed by atoms with E-state index in [1.54, 1.807) is 0 Å². The normalized spacial score (nSPS) is 24.1. The van der Waals surface area contributed by atoms with Crippen molar-refractivity contribution in [2.75, 3.05) is 0 Å². The number of nitrogens with one attached hydrogen (secondary N) is 1. The maximum atomic E-state index is 5.88. The molecule has 3 unspecified atom stereocenters. The van der Waals surface area contributed by atoms with Gasteiger partial charge in [-0.1, -0.05) is 31.9 Å². The molecule has 1 fully saturated rings. The third-order valence-electron chi connectivity index (χ3n) is 4.84. The van der Waals surface area contributed by atoms with Gasteiger partial charge in [-0.05, 0) is 55.4 Å². The molecule has 1 aliphatic carbocycles. The zero-order valence-electron chi connectivity index (χ0n) is 13.0. The van der Waals surface area contributed by atoms with Crippen molar-refractivity contribution in [2.24, 2.45) is 17.7 Å². The minimum atomic E-state index is 0.249. The highest BCUT2D eigenvalue weighted by molar-refractivity contribution is 5.79. The van der Waals surface area contributed by atoms with Gasteiger partial charge in [-0.2, -0.15) is 0 Å². The molecule has 0 saturated heterocycles. The van der Waals surface area contributed by atoms with E-state index in [4.69, 9.17) is 5.84 Å². The maximum Gasteiger partial charge on any atom is 0.0705 e. The van der Waals surface area contributed by atoms with Gasteiger partial charge in [-0.25, -0.2) is 0 Å². The number of pyridine rings is 1. The van der Waals surface area contributed by atoms with E-state index in [2.05, 4.69) is 47.7 Å². The number of aryl methyl sites for hydroxylation is 1. The fraction of sp³-hybridized carbons (Fsp3) is 0.500. The van der Waals surface area contributed by atoms with Crippen LogP contribution in [0.2, 0.25) is 0 Å². The van der Waals surface area contributed by atoms with Crippen LogP contribution in [-0.2, 0) is 0 Å². The average molecular weight is 283 g/mol. The zero-order valence-corrected chi connectivity index (χ0v) is 13.0. The molecular formula is C18H25N3.